The molecule has 3 heteroatoms. The van der Waals surface area contributed by atoms with Gasteiger partial charge in [0.1, 0.15) is 0 Å². The van der Waals surface area contributed by atoms with Crippen LogP contribution in [0.15, 0.2) is 237 Å². The lowest BCUT2D eigenvalue weighted by Crippen LogP contribution is -2.00. The Morgan fingerprint density at radius 3 is 1.44 bits per heavy atom. The molecule has 0 unspecified atom stereocenters. The highest BCUT2D eigenvalue weighted by Crippen LogP contribution is 2.42. The minimum Gasteiger partial charge on any atom is -0.208 e. The normalized spacial score (nSPS) is 11.4. The number of hydrogen-bond donors (Lipinski definition) is 0. The maximum Gasteiger partial charge on any atom is 0.164 e. The molecule has 3 nitrogen and oxygen atoms in total. The molecular formula is C61H39N3. The second kappa shape index (κ2) is 15.7. The molecule has 0 atom stereocenters. The van der Waals surface area contributed by atoms with Gasteiger partial charge in [-0.2, -0.15) is 0 Å². The van der Waals surface area contributed by atoms with Gasteiger partial charge in [-0.3, -0.25) is 0 Å². The van der Waals surface area contributed by atoms with Gasteiger partial charge in [0.2, 0.25) is 0 Å². The molecule has 1 aromatic heterocycles. The summed E-state index contributed by atoms with van der Waals surface area (Å²) in [6.45, 7) is 0. The zero-order chi connectivity index (χ0) is 42.4. The molecule has 12 aromatic rings. The molecule has 0 saturated heterocycles. The van der Waals surface area contributed by atoms with Gasteiger partial charge in [0.05, 0.1) is 0 Å². The molecule has 0 aliphatic heterocycles. The topological polar surface area (TPSA) is 38.7 Å². The van der Waals surface area contributed by atoms with Crippen LogP contribution in [-0.2, 0) is 0 Å². The van der Waals surface area contributed by atoms with Crippen LogP contribution in [0.25, 0.3) is 122 Å². The largest absolute Gasteiger partial charge is 0.208 e. The van der Waals surface area contributed by atoms with Crippen molar-refractivity contribution < 1.29 is 0 Å². The summed E-state index contributed by atoms with van der Waals surface area (Å²) in [7, 11) is 0. The summed E-state index contributed by atoms with van der Waals surface area (Å²) in [5.74, 6) is 1.86. The molecule has 1 heterocycles. The number of aromatic nitrogens is 3. The van der Waals surface area contributed by atoms with E-state index in [4.69, 9.17) is 15.0 Å². The fourth-order valence-corrected chi connectivity index (χ4v) is 9.30. The summed E-state index contributed by atoms with van der Waals surface area (Å²) in [5.41, 5.74) is 12.1. The van der Waals surface area contributed by atoms with Crippen molar-refractivity contribution in [1.29, 1.82) is 0 Å². The van der Waals surface area contributed by atoms with Crippen LogP contribution in [0.1, 0.15) is 0 Å². The maximum atomic E-state index is 5.25. The van der Waals surface area contributed by atoms with Gasteiger partial charge in [-0.1, -0.05) is 218 Å². The van der Waals surface area contributed by atoms with Crippen LogP contribution in [0.4, 0.5) is 0 Å². The lowest BCUT2D eigenvalue weighted by molar-refractivity contribution is 1.07. The predicted molar refractivity (Wildman–Crippen MR) is 268 cm³/mol. The van der Waals surface area contributed by atoms with Gasteiger partial charge in [-0.05, 0) is 106 Å². The van der Waals surface area contributed by atoms with E-state index in [0.717, 1.165) is 44.2 Å². The van der Waals surface area contributed by atoms with E-state index < -0.39 is 0 Å². The quantitative estimate of drug-likeness (QED) is 0.150. The molecule has 11 aromatic carbocycles. The third-order valence-electron chi connectivity index (χ3n) is 12.5. The van der Waals surface area contributed by atoms with E-state index in [1.165, 1.54) is 60.1 Å². The minimum absolute atomic E-state index is 0.618. The van der Waals surface area contributed by atoms with E-state index in [1.807, 2.05) is 0 Å². The highest BCUT2D eigenvalue weighted by atomic mass is 15.0. The molecule has 0 aliphatic rings. The molecule has 0 radical (unpaired) electrons. The van der Waals surface area contributed by atoms with Gasteiger partial charge < -0.3 is 0 Å². The van der Waals surface area contributed by atoms with Crippen molar-refractivity contribution in [3.05, 3.63) is 237 Å². The monoisotopic (exact) mass is 813 g/mol. The van der Waals surface area contributed by atoms with Gasteiger partial charge in [0.25, 0.3) is 0 Å². The fourth-order valence-electron chi connectivity index (χ4n) is 9.30. The van der Waals surface area contributed by atoms with Gasteiger partial charge in [-0.25, -0.2) is 15.0 Å². The molecule has 12 rings (SSSR count). The van der Waals surface area contributed by atoms with E-state index >= 15 is 0 Å². The average Bonchev–Trinajstić information content (AvgIpc) is 3.38. The van der Waals surface area contributed by atoms with Crippen molar-refractivity contribution in [3.8, 4) is 78.7 Å². The average molecular weight is 814 g/mol. The van der Waals surface area contributed by atoms with Crippen molar-refractivity contribution in [2.75, 3.05) is 0 Å². The molecular weight excluding hydrogens is 775 g/mol. The lowest BCUT2D eigenvalue weighted by atomic mass is 9.87. The maximum absolute atomic E-state index is 5.25. The summed E-state index contributed by atoms with van der Waals surface area (Å²) >= 11 is 0. The molecule has 0 bridgehead atoms. The first-order chi connectivity index (χ1) is 31.7. The molecule has 64 heavy (non-hydrogen) atoms. The zero-order valence-corrected chi connectivity index (χ0v) is 34.9. The Kier molecular flexibility index (Phi) is 9.16. The van der Waals surface area contributed by atoms with Crippen LogP contribution in [0.3, 0.4) is 0 Å². The van der Waals surface area contributed by atoms with Gasteiger partial charge >= 0.3 is 0 Å². The van der Waals surface area contributed by atoms with E-state index in [9.17, 15) is 0 Å². The molecule has 0 N–H and O–H groups in total. The Hall–Kier alpha value is -8.53. The third-order valence-corrected chi connectivity index (χ3v) is 12.5. The Labute approximate surface area is 371 Å². The van der Waals surface area contributed by atoms with E-state index in [2.05, 4.69) is 237 Å². The SMILES string of the molecule is c1ccc(-c2ccc3cc(-c4nc(-c5ccc(-c6cccc7ccccc67)cc5)nc(-c5cccc(-c6ccc7ccc8ccccc8c7c6-c6ccccc6)c5)n4)ccc3c2)cc1. The van der Waals surface area contributed by atoms with Crippen LogP contribution < -0.4 is 0 Å². The Morgan fingerprint density at radius 1 is 0.219 bits per heavy atom. The van der Waals surface area contributed by atoms with Crippen molar-refractivity contribution in [2.45, 2.75) is 0 Å². The van der Waals surface area contributed by atoms with Gasteiger partial charge in [0.15, 0.2) is 17.5 Å². The number of hydrogen-bond acceptors (Lipinski definition) is 3. The summed E-state index contributed by atoms with van der Waals surface area (Å²) < 4.78 is 0. The highest BCUT2D eigenvalue weighted by Gasteiger charge is 2.18. The first-order valence-corrected chi connectivity index (χ1v) is 21.8. The second-order valence-corrected chi connectivity index (χ2v) is 16.4. The standard InChI is InChI=1S/C61H39N3/c1-3-13-40(14-4-1)47-31-32-49-38-52(34-33-48(49)37-47)61-63-59(46-29-26-43(27-30-46)54-24-12-19-41-15-7-9-22-53(41)54)62-60(64-61)51-21-11-20-50(39-51)56-36-35-45-28-25-42-16-8-10-23-55(42)58(45)57(56)44-17-5-2-6-18-44/h1-39H. The number of fused-ring (bicyclic) bond motifs is 5. The lowest BCUT2D eigenvalue weighted by Gasteiger charge is -2.17. The van der Waals surface area contributed by atoms with Crippen LogP contribution >= 0.6 is 0 Å². The Bertz CT molecular complexity index is 3700. The van der Waals surface area contributed by atoms with E-state index in [0.29, 0.717) is 17.5 Å². The number of rotatable bonds is 7. The molecule has 0 saturated carbocycles. The van der Waals surface area contributed by atoms with Crippen LogP contribution in [-0.4, -0.2) is 15.0 Å². The summed E-state index contributed by atoms with van der Waals surface area (Å²) in [6, 6.07) is 84.3. The zero-order valence-electron chi connectivity index (χ0n) is 34.9. The van der Waals surface area contributed by atoms with Crippen molar-refractivity contribution >= 4 is 43.1 Å². The smallest absolute Gasteiger partial charge is 0.164 e. The van der Waals surface area contributed by atoms with Crippen LogP contribution in [0, 0.1) is 0 Å². The second-order valence-electron chi connectivity index (χ2n) is 16.4. The van der Waals surface area contributed by atoms with Crippen LogP contribution in [0.5, 0.6) is 0 Å². The Balaban J connectivity index is 1.01. The van der Waals surface area contributed by atoms with E-state index in [-0.39, 0.29) is 0 Å². The van der Waals surface area contributed by atoms with Gasteiger partial charge in [0, 0.05) is 16.7 Å². The summed E-state index contributed by atoms with van der Waals surface area (Å²) in [6.07, 6.45) is 0. The first kappa shape index (κ1) is 37.2. The van der Waals surface area contributed by atoms with Crippen LogP contribution in [0.2, 0.25) is 0 Å². The Morgan fingerprint density at radius 2 is 0.688 bits per heavy atom. The number of nitrogens with zero attached hydrogens (tertiary/aromatic N) is 3. The van der Waals surface area contributed by atoms with Crippen molar-refractivity contribution in [3.63, 3.8) is 0 Å². The van der Waals surface area contributed by atoms with Crippen molar-refractivity contribution in [2.24, 2.45) is 0 Å². The molecule has 0 amide bonds. The number of benzene rings is 11. The first-order valence-electron chi connectivity index (χ1n) is 21.8. The highest BCUT2D eigenvalue weighted by molar-refractivity contribution is 6.17. The van der Waals surface area contributed by atoms with Gasteiger partial charge in [-0.15, -0.1) is 0 Å². The predicted octanol–water partition coefficient (Wildman–Crippen LogP) is 16.2. The minimum atomic E-state index is 0.618. The van der Waals surface area contributed by atoms with Crippen molar-refractivity contribution in [1.82, 2.24) is 15.0 Å². The van der Waals surface area contributed by atoms with E-state index in [1.54, 1.807) is 0 Å². The molecule has 0 fully saturated rings. The third kappa shape index (κ3) is 6.77. The molecule has 0 aliphatic carbocycles. The summed E-state index contributed by atoms with van der Waals surface area (Å²) in [5, 5.41) is 9.65. The summed E-state index contributed by atoms with van der Waals surface area (Å²) in [4.78, 5) is 15.7. The fraction of sp³-hybridized carbons (Fsp3) is 0. The molecule has 298 valence electrons. The molecule has 0 spiro atoms.